The van der Waals surface area contributed by atoms with E-state index in [9.17, 15) is 9.59 Å². The van der Waals surface area contributed by atoms with Crippen LogP contribution in [0, 0.1) is 0 Å². The third kappa shape index (κ3) is 6.48. The van der Waals surface area contributed by atoms with Gasteiger partial charge in [-0.1, -0.05) is 23.7 Å². The summed E-state index contributed by atoms with van der Waals surface area (Å²) in [5, 5.41) is 10.1. The van der Waals surface area contributed by atoms with Gasteiger partial charge in [-0.25, -0.2) is 9.89 Å². The molecule has 1 aromatic heterocycles. The minimum Gasteiger partial charge on any atom is -0.444 e. The van der Waals surface area contributed by atoms with Crippen molar-refractivity contribution in [1.29, 1.82) is 0 Å². The molecule has 1 fully saturated rings. The first-order valence-electron chi connectivity index (χ1n) is 10.1. The van der Waals surface area contributed by atoms with Crippen molar-refractivity contribution in [3.63, 3.8) is 0 Å². The molecule has 0 saturated carbocycles. The highest BCUT2D eigenvalue weighted by atomic mass is 35.5. The minimum atomic E-state index is -0.640. The molecule has 1 saturated heterocycles. The van der Waals surface area contributed by atoms with Crippen molar-refractivity contribution in [3.05, 3.63) is 34.9 Å². The number of anilines is 2. The Morgan fingerprint density at radius 2 is 1.87 bits per heavy atom. The molecule has 4 N–H and O–H groups in total. The predicted molar refractivity (Wildman–Crippen MR) is 118 cm³/mol. The van der Waals surface area contributed by atoms with Gasteiger partial charge in [-0.05, 0) is 38.5 Å². The van der Waals surface area contributed by atoms with Gasteiger partial charge in [-0.3, -0.25) is 4.79 Å². The van der Waals surface area contributed by atoms with Crippen LogP contribution in [0.15, 0.2) is 24.3 Å². The Kier molecular flexibility index (Phi) is 6.89. The average Bonchev–Trinajstić information content (AvgIpc) is 3.13. The third-order valence-corrected chi connectivity index (χ3v) is 5.00. The van der Waals surface area contributed by atoms with Gasteiger partial charge in [0.1, 0.15) is 5.60 Å². The number of nitrogens with two attached hydrogens (primary N) is 1. The summed E-state index contributed by atoms with van der Waals surface area (Å²) in [6.45, 7) is 7.59. The summed E-state index contributed by atoms with van der Waals surface area (Å²) in [5.74, 6) is 0.716. The fourth-order valence-corrected chi connectivity index (χ4v) is 3.39. The van der Waals surface area contributed by atoms with Crippen LogP contribution in [0.25, 0.3) is 0 Å². The number of halogens is 1. The lowest BCUT2D eigenvalue weighted by Gasteiger charge is -2.35. The topological polar surface area (TPSA) is 129 Å². The van der Waals surface area contributed by atoms with Gasteiger partial charge in [0.25, 0.3) is 0 Å². The van der Waals surface area contributed by atoms with Crippen molar-refractivity contribution in [2.24, 2.45) is 0 Å². The van der Waals surface area contributed by atoms with E-state index >= 15 is 0 Å². The lowest BCUT2D eigenvalue weighted by Crippen LogP contribution is -2.50. The van der Waals surface area contributed by atoms with E-state index in [2.05, 4.69) is 20.5 Å². The summed E-state index contributed by atoms with van der Waals surface area (Å²) in [4.78, 5) is 33.2. The number of ether oxygens (including phenoxy) is 1. The summed E-state index contributed by atoms with van der Waals surface area (Å²) < 4.78 is 5.37. The maximum atomic E-state index is 13.0. The number of benzene rings is 1. The van der Waals surface area contributed by atoms with E-state index in [0.717, 1.165) is 5.56 Å². The number of piperazine rings is 1. The third-order valence-electron chi connectivity index (χ3n) is 4.75. The van der Waals surface area contributed by atoms with Gasteiger partial charge in [0.2, 0.25) is 17.8 Å². The number of amides is 2. The van der Waals surface area contributed by atoms with Crippen molar-refractivity contribution in [2.45, 2.75) is 38.8 Å². The number of hydrogen-bond donors (Lipinski definition) is 3. The fraction of sp³-hybridized carbons (Fsp3) is 0.500. The van der Waals surface area contributed by atoms with Gasteiger partial charge >= 0.3 is 6.09 Å². The quantitative estimate of drug-likeness (QED) is 0.638. The minimum absolute atomic E-state index is 0.0647. The van der Waals surface area contributed by atoms with Crippen molar-refractivity contribution >= 4 is 35.5 Å². The van der Waals surface area contributed by atoms with Crippen molar-refractivity contribution < 1.29 is 14.3 Å². The van der Waals surface area contributed by atoms with Gasteiger partial charge in [-0.2, -0.15) is 4.98 Å². The molecule has 0 radical (unpaired) electrons. The molecule has 1 aliphatic heterocycles. The lowest BCUT2D eigenvalue weighted by atomic mass is 10.0. The second kappa shape index (κ2) is 9.42. The van der Waals surface area contributed by atoms with Gasteiger partial charge < -0.3 is 25.6 Å². The summed E-state index contributed by atoms with van der Waals surface area (Å²) in [6, 6.07) is 6.51. The molecular weight excluding hydrogens is 422 g/mol. The van der Waals surface area contributed by atoms with Crippen LogP contribution in [0.5, 0.6) is 0 Å². The number of aromatic nitrogens is 3. The number of aromatic amines is 1. The maximum Gasteiger partial charge on any atom is 0.408 e. The van der Waals surface area contributed by atoms with Crippen molar-refractivity contribution in [3.8, 4) is 0 Å². The Morgan fingerprint density at radius 1 is 1.23 bits per heavy atom. The number of hydrogen-bond acceptors (Lipinski definition) is 7. The SMILES string of the molecule is CC(C)(C)OC(=O)NC(CC(=O)N1CCN(c2n[nH]c(N)n2)CC1)c1ccc(Cl)cc1. The normalized spacial score (nSPS) is 15.5. The van der Waals surface area contributed by atoms with Gasteiger partial charge in [0.05, 0.1) is 12.5 Å². The Labute approximate surface area is 186 Å². The van der Waals surface area contributed by atoms with E-state index in [1.54, 1.807) is 49.9 Å². The highest BCUT2D eigenvalue weighted by Crippen LogP contribution is 2.22. The molecule has 1 atom stereocenters. The molecule has 2 heterocycles. The number of carbonyl (C=O) groups excluding carboxylic acids is 2. The molecule has 11 heteroatoms. The largest absolute Gasteiger partial charge is 0.444 e. The van der Waals surface area contributed by atoms with Crippen LogP contribution in [0.2, 0.25) is 5.02 Å². The summed E-state index contributed by atoms with van der Waals surface area (Å²) in [6.07, 6.45) is -0.471. The molecule has 0 spiro atoms. The van der Waals surface area contributed by atoms with Crippen LogP contribution in [0.3, 0.4) is 0 Å². The molecule has 31 heavy (non-hydrogen) atoms. The molecule has 2 amide bonds. The number of nitrogens with zero attached hydrogens (tertiary/aromatic N) is 4. The Hall–Kier alpha value is -3.01. The highest BCUT2D eigenvalue weighted by molar-refractivity contribution is 6.30. The second-order valence-electron chi connectivity index (χ2n) is 8.34. The molecule has 1 aromatic carbocycles. The fourth-order valence-electron chi connectivity index (χ4n) is 3.26. The predicted octanol–water partition coefficient (Wildman–Crippen LogP) is 2.35. The van der Waals surface area contributed by atoms with E-state index in [1.165, 1.54) is 0 Å². The van der Waals surface area contributed by atoms with Crippen LogP contribution in [0.1, 0.15) is 38.8 Å². The van der Waals surface area contributed by atoms with Crippen LogP contribution < -0.4 is 16.0 Å². The average molecular weight is 450 g/mol. The monoisotopic (exact) mass is 449 g/mol. The lowest BCUT2D eigenvalue weighted by molar-refractivity contribution is -0.132. The molecule has 168 valence electrons. The van der Waals surface area contributed by atoms with Gasteiger partial charge in [-0.15, -0.1) is 5.10 Å². The second-order valence-corrected chi connectivity index (χ2v) is 8.78. The van der Waals surface area contributed by atoms with Crippen LogP contribution in [0.4, 0.5) is 16.7 Å². The number of carbonyl (C=O) groups is 2. The first kappa shape index (κ1) is 22.7. The number of alkyl carbamates (subject to hydrolysis) is 1. The van der Waals surface area contributed by atoms with E-state index in [4.69, 9.17) is 22.1 Å². The Morgan fingerprint density at radius 3 is 2.42 bits per heavy atom. The number of rotatable bonds is 5. The summed E-state index contributed by atoms with van der Waals surface area (Å²) in [7, 11) is 0. The van der Waals surface area contributed by atoms with E-state index < -0.39 is 17.7 Å². The zero-order valence-electron chi connectivity index (χ0n) is 17.9. The summed E-state index contributed by atoms with van der Waals surface area (Å²) >= 11 is 5.99. The first-order valence-corrected chi connectivity index (χ1v) is 10.4. The number of nitrogen functional groups attached to an aromatic ring is 1. The van der Waals surface area contributed by atoms with Crippen LogP contribution in [-0.2, 0) is 9.53 Å². The molecule has 1 aliphatic rings. The van der Waals surface area contributed by atoms with Gasteiger partial charge in [0, 0.05) is 31.2 Å². The zero-order valence-corrected chi connectivity index (χ0v) is 18.6. The van der Waals surface area contributed by atoms with E-state index in [1.807, 2.05) is 4.90 Å². The van der Waals surface area contributed by atoms with E-state index in [0.29, 0.717) is 37.1 Å². The molecule has 3 rings (SSSR count). The maximum absolute atomic E-state index is 13.0. The summed E-state index contributed by atoms with van der Waals surface area (Å²) in [5.41, 5.74) is 5.72. The standard InChI is InChI=1S/C20H28ClN7O3/c1-20(2,3)31-19(30)23-15(13-4-6-14(21)7-5-13)12-16(29)27-8-10-28(11-9-27)18-24-17(22)25-26-18/h4-7,15H,8-12H2,1-3H3,(H,23,30)(H3,22,24,25,26). The highest BCUT2D eigenvalue weighted by Gasteiger charge is 2.27. The van der Waals surface area contributed by atoms with Crippen LogP contribution in [-0.4, -0.2) is 63.9 Å². The number of H-pyrrole nitrogens is 1. The Balaban J connectivity index is 1.63. The van der Waals surface area contributed by atoms with Crippen LogP contribution >= 0.6 is 11.6 Å². The first-order chi connectivity index (χ1) is 14.6. The molecule has 0 aliphatic carbocycles. The molecular formula is C20H28ClN7O3. The van der Waals surface area contributed by atoms with Crippen molar-refractivity contribution in [1.82, 2.24) is 25.4 Å². The Bertz CT molecular complexity index is 902. The zero-order chi connectivity index (χ0) is 22.6. The molecule has 10 nitrogen and oxygen atoms in total. The van der Waals surface area contributed by atoms with E-state index in [-0.39, 0.29) is 18.3 Å². The molecule has 0 bridgehead atoms. The van der Waals surface area contributed by atoms with Gasteiger partial charge in [0.15, 0.2) is 0 Å². The molecule has 1 unspecified atom stereocenters. The smallest absolute Gasteiger partial charge is 0.408 e. The van der Waals surface area contributed by atoms with Crippen molar-refractivity contribution in [2.75, 3.05) is 36.8 Å². The number of nitrogens with one attached hydrogen (secondary N) is 2. The molecule has 2 aromatic rings.